The molecule has 9 heteroatoms. The van der Waals surface area contributed by atoms with Crippen LogP contribution in [0.15, 0.2) is 23.4 Å². The number of amides is 1. The van der Waals surface area contributed by atoms with E-state index >= 15 is 0 Å². The van der Waals surface area contributed by atoms with Crippen LogP contribution in [-0.2, 0) is 11.3 Å². The summed E-state index contributed by atoms with van der Waals surface area (Å²) in [5.74, 6) is 0.0835. The van der Waals surface area contributed by atoms with Gasteiger partial charge in [0.25, 0.3) is 0 Å². The van der Waals surface area contributed by atoms with Crippen molar-refractivity contribution in [1.82, 2.24) is 20.2 Å². The van der Waals surface area contributed by atoms with Crippen molar-refractivity contribution < 1.29 is 4.79 Å². The van der Waals surface area contributed by atoms with Crippen LogP contribution in [-0.4, -0.2) is 38.4 Å². The number of hydrogen-bond donors (Lipinski definition) is 2. The summed E-state index contributed by atoms with van der Waals surface area (Å²) in [6.07, 6.45) is 0. The van der Waals surface area contributed by atoms with Gasteiger partial charge in [-0.2, -0.15) is 0 Å². The SMILES string of the molecule is Cc1cc(Cl)ccc1NC(=O)CSc1nnnn1CCN. The molecule has 1 heterocycles. The number of carbonyl (C=O) groups is 1. The molecule has 0 bridgehead atoms. The number of anilines is 1. The molecule has 0 saturated carbocycles. The molecule has 2 rings (SSSR count). The first kappa shape index (κ1) is 15.7. The van der Waals surface area contributed by atoms with Gasteiger partial charge in [-0.1, -0.05) is 23.4 Å². The van der Waals surface area contributed by atoms with Gasteiger partial charge in [-0.05, 0) is 41.1 Å². The van der Waals surface area contributed by atoms with Crippen molar-refractivity contribution in [2.75, 3.05) is 17.6 Å². The number of nitrogens with two attached hydrogens (primary N) is 1. The zero-order valence-electron chi connectivity index (χ0n) is 11.4. The van der Waals surface area contributed by atoms with Crippen LogP contribution in [0.5, 0.6) is 0 Å². The van der Waals surface area contributed by atoms with Gasteiger partial charge < -0.3 is 11.1 Å². The molecule has 2 aromatic rings. The third-order valence-electron chi connectivity index (χ3n) is 2.63. The number of hydrogen-bond acceptors (Lipinski definition) is 6. The number of carbonyl (C=O) groups excluding carboxylic acids is 1. The van der Waals surface area contributed by atoms with Gasteiger partial charge in [-0.3, -0.25) is 4.79 Å². The lowest BCUT2D eigenvalue weighted by Crippen LogP contribution is -2.16. The number of benzene rings is 1. The van der Waals surface area contributed by atoms with Gasteiger partial charge in [0.1, 0.15) is 0 Å². The molecule has 1 amide bonds. The first-order valence-electron chi connectivity index (χ1n) is 6.25. The third-order valence-corrected chi connectivity index (χ3v) is 3.83. The summed E-state index contributed by atoms with van der Waals surface area (Å²) >= 11 is 7.14. The third kappa shape index (κ3) is 4.42. The summed E-state index contributed by atoms with van der Waals surface area (Å²) in [6, 6.07) is 5.31. The Morgan fingerprint density at radius 3 is 3.05 bits per heavy atom. The molecule has 1 aromatic heterocycles. The first-order chi connectivity index (χ1) is 10.1. The number of nitrogens with one attached hydrogen (secondary N) is 1. The maximum atomic E-state index is 11.9. The Kier molecular flexibility index (Phi) is 5.54. The van der Waals surface area contributed by atoms with Crippen LogP contribution in [0.4, 0.5) is 5.69 Å². The fourth-order valence-corrected chi connectivity index (χ4v) is 2.58. The van der Waals surface area contributed by atoms with Crippen molar-refractivity contribution >= 4 is 35.0 Å². The molecule has 0 aliphatic carbocycles. The monoisotopic (exact) mass is 326 g/mol. The van der Waals surface area contributed by atoms with E-state index in [2.05, 4.69) is 20.8 Å². The lowest BCUT2D eigenvalue weighted by molar-refractivity contribution is -0.113. The molecular weight excluding hydrogens is 312 g/mol. The van der Waals surface area contributed by atoms with E-state index in [1.165, 1.54) is 11.8 Å². The molecule has 0 saturated heterocycles. The van der Waals surface area contributed by atoms with E-state index in [1.807, 2.05) is 6.92 Å². The molecule has 112 valence electrons. The number of nitrogens with zero attached hydrogens (tertiary/aromatic N) is 4. The molecule has 0 aliphatic heterocycles. The van der Waals surface area contributed by atoms with E-state index in [-0.39, 0.29) is 11.7 Å². The Balaban J connectivity index is 1.91. The van der Waals surface area contributed by atoms with Crippen LogP contribution in [0.1, 0.15) is 5.56 Å². The molecule has 7 nitrogen and oxygen atoms in total. The van der Waals surface area contributed by atoms with E-state index in [4.69, 9.17) is 17.3 Å². The summed E-state index contributed by atoms with van der Waals surface area (Å²) in [5, 5.41) is 15.3. The van der Waals surface area contributed by atoms with Gasteiger partial charge >= 0.3 is 0 Å². The standard InChI is InChI=1S/C12H15ClN6OS/c1-8-6-9(13)2-3-10(8)15-11(20)7-21-12-16-17-18-19(12)5-4-14/h2-3,6H,4-5,7,14H2,1H3,(H,15,20). The zero-order valence-corrected chi connectivity index (χ0v) is 13.0. The van der Waals surface area contributed by atoms with Crippen LogP contribution >= 0.6 is 23.4 Å². The second-order valence-corrected chi connectivity index (χ2v) is 5.65. The Morgan fingerprint density at radius 1 is 1.52 bits per heavy atom. The smallest absolute Gasteiger partial charge is 0.234 e. The van der Waals surface area contributed by atoms with Gasteiger partial charge in [0, 0.05) is 17.3 Å². The molecule has 0 unspecified atom stereocenters. The number of aryl methyl sites for hydroxylation is 1. The minimum Gasteiger partial charge on any atom is -0.329 e. The summed E-state index contributed by atoms with van der Waals surface area (Å²) in [5.41, 5.74) is 7.11. The van der Waals surface area contributed by atoms with E-state index < -0.39 is 0 Å². The highest BCUT2D eigenvalue weighted by Gasteiger charge is 2.10. The van der Waals surface area contributed by atoms with Gasteiger partial charge in [-0.25, -0.2) is 4.68 Å². The predicted molar refractivity (Wildman–Crippen MR) is 82.4 cm³/mol. The Bertz CT molecular complexity index is 632. The van der Waals surface area contributed by atoms with E-state index in [9.17, 15) is 4.79 Å². The van der Waals surface area contributed by atoms with Gasteiger partial charge in [0.05, 0.1) is 12.3 Å². The summed E-state index contributed by atoms with van der Waals surface area (Å²) in [6.45, 7) is 2.85. The van der Waals surface area contributed by atoms with Crippen LogP contribution in [0, 0.1) is 6.92 Å². The summed E-state index contributed by atoms with van der Waals surface area (Å²) in [4.78, 5) is 11.9. The van der Waals surface area contributed by atoms with Gasteiger partial charge in [0.15, 0.2) is 0 Å². The van der Waals surface area contributed by atoms with Crippen LogP contribution in [0.25, 0.3) is 0 Å². The van der Waals surface area contributed by atoms with Crippen LogP contribution in [0.2, 0.25) is 5.02 Å². The van der Waals surface area contributed by atoms with E-state index in [0.29, 0.717) is 23.3 Å². The van der Waals surface area contributed by atoms with Crippen LogP contribution in [0.3, 0.4) is 0 Å². The molecule has 0 spiro atoms. The Labute approximate surface area is 131 Å². The molecule has 21 heavy (non-hydrogen) atoms. The van der Waals surface area contributed by atoms with E-state index in [0.717, 1.165) is 11.3 Å². The topological polar surface area (TPSA) is 98.7 Å². The number of aromatic nitrogens is 4. The van der Waals surface area contributed by atoms with Crippen molar-refractivity contribution in [3.05, 3.63) is 28.8 Å². The van der Waals surface area contributed by atoms with Crippen LogP contribution < -0.4 is 11.1 Å². The summed E-state index contributed by atoms with van der Waals surface area (Å²) < 4.78 is 1.57. The second-order valence-electron chi connectivity index (χ2n) is 4.27. The number of rotatable bonds is 6. The fraction of sp³-hybridized carbons (Fsp3) is 0.333. The minimum atomic E-state index is -0.132. The van der Waals surface area contributed by atoms with Gasteiger partial charge in [0.2, 0.25) is 11.1 Å². The average Bonchev–Trinajstić information content (AvgIpc) is 2.88. The fourth-order valence-electron chi connectivity index (χ4n) is 1.65. The maximum Gasteiger partial charge on any atom is 0.234 e. The molecule has 0 atom stereocenters. The van der Waals surface area contributed by atoms with Gasteiger partial charge in [-0.15, -0.1) is 5.10 Å². The quantitative estimate of drug-likeness (QED) is 0.777. The summed E-state index contributed by atoms with van der Waals surface area (Å²) in [7, 11) is 0. The number of halogens is 1. The molecule has 3 N–H and O–H groups in total. The molecule has 0 aliphatic rings. The Morgan fingerprint density at radius 2 is 2.33 bits per heavy atom. The molecular formula is C12H15ClN6OS. The highest BCUT2D eigenvalue weighted by Crippen LogP contribution is 2.20. The van der Waals surface area contributed by atoms with E-state index in [1.54, 1.807) is 22.9 Å². The second kappa shape index (κ2) is 7.39. The largest absolute Gasteiger partial charge is 0.329 e. The number of thioether (sulfide) groups is 1. The van der Waals surface area contributed by atoms with Crippen molar-refractivity contribution in [3.8, 4) is 0 Å². The molecule has 0 radical (unpaired) electrons. The van der Waals surface area contributed by atoms with Crippen molar-refractivity contribution in [3.63, 3.8) is 0 Å². The highest BCUT2D eigenvalue weighted by molar-refractivity contribution is 7.99. The van der Waals surface area contributed by atoms with Crippen molar-refractivity contribution in [1.29, 1.82) is 0 Å². The number of tetrazole rings is 1. The average molecular weight is 327 g/mol. The van der Waals surface area contributed by atoms with Crippen molar-refractivity contribution in [2.24, 2.45) is 5.73 Å². The van der Waals surface area contributed by atoms with Crippen molar-refractivity contribution in [2.45, 2.75) is 18.6 Å². The lowest BCUT2D eigenvalue weighted by atomic mass is 10.2. The minimum absolute atomic E-state index is 0.132. The molecule has 0 fully saturated rings. The Hall–Kier alpha value is -1.64. The first-order valence-corrected chi connectivity index (χ1v) is 7.61. The lowest BCUT2D eigenvalue weighted by Gasteiger charge is -2.08. The molecule has 1 aromatic carbocycles. The maximum absolute atomic E-state index is 11.9. The highest BCUT2D eigenvalue weighted by atomic mass is 35.5. The zero-order chi connectivity index (χ0) is 15.2. The predicted octanol–water partition coefficient (Wildman–Crippen LogP) is 1.32. The normalized spacial score (nSPS) is 10.6.